The normalized spacial score (nSPS) is 18.4. The molecule has 90 valence electrons. The van der Waals surface area contributed by atoms with E-state index in [1.807, 2.05) is 13.0 Å². The molecular formula is C13H15BrN2O. The van der Waals surface area contributed by atoms with Gasteiger partial charge in [0.25, 0.3) is 0 Å². The van der Waals surface area contributed by atoms with Gasteiger partial charge in [0.15, 0.2) is 0 Å². The van der Waals surface area contributed by atoms with Crippen LogP contribution >= 0.6 is 15.9 Å². The topological polar surface area (TPSA) is 42.0 Å². The molecule has 1 unspecified atom stereocenters. The Labute approximate surface area is 109 Å². The van der Waals surface area contributed by atoms with Gasteiger partial charge in [-0.25, -0.2) is 4.98 Å². The Morgan fingerprint density at radius 2 is 2.47 bits per heavy atom. The molecule has 1 aromatic rings. The number of rotatable bonds is 3. The summed E-state index contributed by atoms with van der Waals surface area (Å²) in [7, 11) is 0. The average molecular weight is 295 g/mol. The number of amides is 1. The van der Waals surface area contributed by atoms with Crippen molar-refractivity contribution >= 4 is 27.7 Å². The molecule has 4 heteroatoms. The number of aromatic nitrogens is 1. The molecule has 0 bridgehead atoms. The van der Waals surface area contributed by atoms with Gasteiger partial charge in [-0.3, -0.25) is 4.79 Å². The first kappa shape index (κ1) is 12.3. The third-order valence-corrected chi connectivity index (χ3v) is 3.30. The van der Waals surface area contributed by atoms with E-state index in [1.54, 1.807) is 6.20 Å². The van der Waals surface area contributed by atoms with Crippen molar-refractivity contribution in [2.45, 2.75) is 26.2 Å². The van der Waals surface area contributed by atoms with E-state index in [-0.39, 0.29) is 5.91 Å². The molecule has 0 spiro atoms. The fourth-order valence-corrected chi connectivity index (χ4v) is 2.40. The second kappa shape index (κ2) is 5.45. The number of hydrogen-bond donors (Lipinski definition) is 1. The van der Waals surface area contributed by atoms with Gasteiger partial charge in [-0.05, 0) is 53.2 Å². The Kier molecular flexibility index (Phi) is 3.94. The molecule has 0 saturated carbocycles. The summed E-state index contributed by atoms with van der Waals surface area (Å²) < 4.78 is 0.923. The summed E-state index contributed by atoms with van der Waals surface area (Å²) in [6.45, 7) is 1.93. The van der Waals surface area contributed by atoms with Gasteiger partial charge in [0.2, 0.25) is 5.91 Å². The van der Waals surface area contributed by atoms with Crippen molar-refractivity contribution in [2.24, 2.45) is 5.92 Å². The zero-order valence-corrected chi connectivity index (χ0v) is 11.3. The lowest BCUT2D eigenvalue weighted by molar-refractivity contribution is -0.116. The number of nitrogens with zero attached hydrogens (tertiary/aromatic N) is 1. The van der Waals surface area contributed by atoms with Crippen molar-refractivity contribution in [3.05, 3.63) is 34.5 Å². The van der Waals surface area contributed by atoms with Gasteiger partial charge < -0.3 is 5.32 Å². The molecular weight excluding hydrogens is 280 g/mol. The minimum absolute atomic E-state index is 0.0412. The van der Waals surface area contributed by atoms with Gasteiger partial charge >= 0.3 is 0 Å². The summed E-state index contributed by atoms with van der Waals surface area (Å²) in [6, 6.07) is 1.94. The monoisotopic (exact) mass is 294 g/mol. The van der Waals surface area contributed by atoms with Gasteiger partial charge in [-0.15, -0.1) is 0 Å². The molecule has 1 amide bonds. The lowest BCUT2D eigenvalue weighted by atomic mass is 10.1. The zero-order chi connectivity index (χ0) is 12.3. The molecule has 0 fully saturated rings. The molecule has 1 atom stereocenters. The molecule has 1 aliphatic rings. The summed E-state index contributed by atoms with van der Waals surface area (Å²) >= 11 is 3.35. The van der Waals surface area contributed by atoms with Crippen LogP contribution in [-0.4, -0.2) is 10.9 Å². The highest BCUT2D eigenvalue weighted by molar-refractivity contribution is 9.10. The quantitative estimate of drug-likeness (QED) is 0.868. The highest BCUT2D eigenvalue weighted by Crippen LogP contribution is 2.22. The summed E-state index contributed by atoms with van der Waals surface area (Å²) in [4.78, 5) is 16.0. The summed E-state index contributed by atoms with van der Waals surface area (Å²) in [5, 5.41) is 2.86. The number of halogens is 1. The van der Waals surface area contributed by atoms with Crippen molar-refractivity contribution in [3.8, 4) is 0 Å². The van der Waals surface area contributed by atoms with Gasteiger partial charge in [0, 0.05) is 17.1 Å². The Balaban J connectivity index is 1.95. The Bertz CT molecular complexity index is 457. The third-order valence-electron chi connectivity index (χ3n) is 2.86. The number of carbonyl (C=O) groups is 1. The second-order valence-corrected chi connectivity index (χ2v) is 5.25. The minimum atomic E-state index is 0.0412. The lowest BCUT2D eigenvalue weighted by Crippen LogP contribution is -2.16. The van der Waals surface area contributed by atoms with E-state index in [1.165, 1.54) is 0 Å². The maximum absolute atomic E-state index is 11.8. The molecule has 1 aliphatic carbocycles. The number of pyridine rings is 1. The van der Waals surface area contributed by atoms with Crippen molar-refractivity contribution < 1.29 is 4.79 Å². The van der Waals surface area contributed by atoms with Crippen LogP contribution in [0.25, 0.3) is 0 Å². The molecule has 1 heterocycles. The van der Waals surface area contributed by atoms with Crippen LogP contribution < -0.4 is 5.32 Å². The van der Waals surface area contributed by atoms with Gasteiger partial charge in [0.05, 0.1) is 0 Å². The minimum Gasteiger partial charge on any atom is -0.310 e. The van der Waals surface area contributed by atoms with E-state index in [0.29, 0.717) is 18.2 Å². The maximum Gasteiger partial charge on any atom is 0.226 e. The van der Waals surface area contributed by atoms with Gasteiger partial charge in [-0.2, -0.15) is 0 Å². The first-order valence-electron chi connectivity index (χ1n) is 5.74. The van der Waals surface area contributed by atoms with Crippen molar-refractivity contribution in [3.63, 3.8) is 0 Å². The van der Waals surface area contributed by atoms with Crippen LogP contribution in [0.3, 0.4) is 0 Å². The Morgan fingerprint density at radius 3 is 3.12 bits per heavy atom. The third kappa shape index (κ3) is 3.40. The molecule has 1 aromatic heterocycles. The number of hydrogen-bond acceptors (Lipinski definition) is 2. The highest BCUT2D eigenvalue weighted by atomic mass is 79.9. The van der Waals surface area contributed by atoms with Crippen LogP contribution in [0.1, 0.15) is 24.8 Å². The second-order valence-electron chi connectivity index (χ2n) is 4.34. The molecule has 0 radical (unpaired) electrons. The number of aryl methyl sites for hydroxylation is 1. The maximum atomic E-state index is 11.8. The molecule has 0 aromatic carbocycles. The molecule has 0 saturated heterocycles. The number of nitrogens with one attached hydrogen (secondary N) is 1. The van der Waals surface area contributed by atoms with E-state index in [2.05, 4.69) is 38.4 Å². The fraction of sp³-hybridized carbons (Fsp3) is 0.385. The van der Waals surface area contributed by atoms with Crippen LogP contribution in [0, 0.1) is 12.8 Å². The largest absolute Gasteiger partial charge is 0.310 e. The van der Waals surface area contributed by atoms with Crippen LogP contribution in [0.2, 0.25) is 0 Å². The van der Waals surface area contributed by atoms with Crippen LogP contribution in [0.4, 0.5) is 5.82 Å². The Morgan fingerprint density at radius 1 is 1.65 bits per heavy atom. The van der Waals surface area contributed by atoms with Crippen LogP contribution in [0.15, 0.2) is 28.9 Å². The molecule has 0 aliphatic heterocycles. The first-order chi connectivity index (χ1) is 8.15. The number of anilines is 1. The van der Waals surface area contributed by atoms with E-state index in [0.717, 1.165) is 22.9 Å². The van der Waals surface area contributed by atoms with Gasteiger partial charge in [0.1, 0.15) is 5.82 Å². The first-order valence-corrected chi connectivity index (χ1v) is 6.53. The molecule has 3 nitrogen and oxygen atoms in total. The molecule has 2 rings (SSSR count). The number of allylic oxidation sites excluding steroid dienone is 2. The lowest BCUT2D eigenvalue weighted by Gasteiger charge is -2.10. The predicted molar refractivity (Wildman–Crippen MR) is 71.8 cm³/mol. The number of carbonyl (C=O) groups excluding carboxylic acids is 1. The van der Waals surface area contributed by atoms with Gasteiger partial charge in [-0.1, -0.05) is 12.2 Å². The average Bonchev–Trinajstić information content (AvgIpc) is 2.75. The fourth-order valence-electron chi connectivity index (χ4n) is 1.96. The van der Waals surface area contributed by atoms with E-state index >= 15 is 0 Å². The summed E-state index contributed by atoms with van der Waals surface area (Å²) in [5.41, 5.74) is 0.967. The smallest absolute Gasteiger partial charge is 0.226 e. The van der Waals surface area contributed by atoms with Crippen molar-refractivity contribution in [1.82, 2.24) is 4.98 Å². The molecule has 17 heavy (non-hydrogen) atoms. The van der Waals surface area contributed by atoms with E-state index in [4.69, 9.17) is 0 Å². The molecule has 1 N–H and O–H groups in total. The Hall–Kier alpha value is -1.16. The zero-order valence-electron chi connectivity index (χ0n) is 9.74. The van der Waals surface area contributed by atoms with E-state index < -0.39 is 0 Å². The summed E-state index contributed by atoms with van der Waals surface area (Å²) in [6.07, 6.45) is 8.68. The summed E-state index contributed by atoms with van der Waals surface area (Å²) in [5.74, 6) is 1.09. The predicted octanol–water partition coefficient (Wildman–Crippen LogP) is 3.45. The van der Waals surface area contributed by atoms with Crippen molar-refractivity contribution in [2.75, 3.05) is 5.32 Å². The van der Waals surface area contributed by atoms with E-state index in [9.17, 15) is 4.79 Å². The van der Waals surface area contributed by atoms with Crippen LogP contribution in [-0.2, 0) is 4.79 Å². The van der Waals surface area contributed by atoms with Crippen molar-refractivity contribution in [1.29, 1.82) is 0 Å². The standard InChI is InChI=1S/C13H15BrN2O/c1-9-6-11(14)8-15-13(9)16-12(17)7-10-4-2-3-5-10/h2,4,6,8,10H,3,5,7H2,1H3,(H,15,16,17). The highest BCUT2D eigenvalue weighted by Gasteiger charge is 2.14. The SMILES string of the molecule is Cc1cc(Br)cnc1NC(=O)CC1C=CCC1. The van der Waals surface area contributed by atoms with Crippen LogP contribution in [0.5, 0.6) is 0 Å².